The minimum absolute atomic E-state index is 0.0894. The average molecular weight is 471 g/mol. The molecule has 0 aliphatic heterocycles. The Bertz CT molecular complexity index is 1290. The molecule has 6 nitrogen and oxygen atoms in total. The number of hydrogen-bond acceptors (Lipinski definition) is 6. The summed E-state index contributed by atoms with van der Waals surface area (Å²) >= 11 is 1.28. The average Bonchev–Trinajstić information content (AvgIpc) is 3.33. The maximum Gasteiger partial charge on any atom is 0.418 e. The molecule has 1 N–H and O–H groups in total. The Labute approximate surface area is 190 Å². The number of nitrogens with one attached hydrogen (secondary N) is 1. The van der Waals surface area contributed by atoms with Gasteiger partial charge in [-0.25, -0.2) is 4.98 Å². The van der Waals surface area contributed by atoms with Gasteiger partial charge in [-0.05, 0) is 35.9 Å². The summed E-state index contributed by atoms with van der Waals surface area (Å²) in [5.74, 6) is -0.454. The van der Waals surface area contributed by atoms with Gasteiger partial charge in [-0.2, -0.15) is 13.2 Å². The number of alkyl halides is 3. The van der Waals surface area contributed by atoms with Gasteiger partial charge in [0.05, 0.1) is 11.1 Å². The SMILES string of the molecule is O=C(COc1ccnc2c(C(F)(F)F)cccc12)Nc1ccc(CC(=O)c2nccs2)cc1. The Morgan fingerprint density at radius 1 is 1.00 bits per heavy atom. The number of halogens is 3. The largest absolute Gasteiger partial charge is 0.483 e. The predicted octanol–water partition coefficient (Wildman–Crippen LogP) is 5.15. The third-order valence-corrected chi connectivity index (χ3v) is 5.48. The molecule has 0 saturated heterocycles. The van der Waals surface area contributed by atoms with Crippen molar-refractivity contribution in [2.24, 2.45) is 0 Å². The topological polar surface area (TPSA) is 81.2 Å². The maximum absolute atomic E-state index is 13.2. The lowest BCUT2D eigenvalue weighted by molar-refractivity contribution is -0.136. The number of ether oxygens (including phenoxy) is 1. The van der Waals surface area contributed by atoms with Gasteiger partial charge in [0.15, 0.2) is 17.4 Å². The maximum atomic E-state index is 13.2. The van der Waals surface area contributed by atoms with Crippen LogP contribution in [0.2, 0.25) is 0 Å². The molecular weight excluding hydrogens is 455 g/mol. The van der Waals surface area contributed by atoms with Crippen LogP contribution in [-0.4, -0.2) is 28.3 Å². The van der Waals surface area contributed by atoms with E-state index in [1.807, 2.05) is 0 Å². The first kappa shape index (κ1) is 22.4. The van der Waals surface area contributed by atoms with Crippen LogP contribution in [0.15, 0.2) is 66.3 Å². The van der Waals surface area contributed by atoms with Crippen molar-refractivity contribution >= 4 is 39.6 Å². The van der Waals surface area contributed by atoms with Gasteiger partial charge >= 0.3 is 6.18 Å². The third kappa shape index (κ3) is 5.35. The van der Waals surface area contributed by atoms with E-state index < -0.39 is 24.3 Å². The van der Waals surface area contributed by atoms with E-state index in [1.165, 1.54) is 35.7 Å². The number of thiazole rings is 1. The van der Waals surface area contributed by atoms with E-state index in [9.17, 15) is 22.8 Å². The molecule has 1 amide bonds. The van der Waals surface area contributed by atoms with Crippen molar-refractivity contribution in [1.29, 1.82) is 0 Å². The highest BCUT2D eigenvalue weighted by atomic mass is 32.1. The van der Waals surface area contributed by atoms with Gasteiger partial charge < -0.3 is 10.1 Å². The number of Topliss-reactive ketones (excluding diaryl/α,β-unsaturated/α-hetero) is 1. The van der Waals surface area contributed by atoms with Crippen molar-refractivity contribution in [2.45, 2.75) is 12.6 Å². The number of rotatable bonds is 7. The molecule has 0 spiro atoms. The Morgan fingerprint density at radius 2 is 1.79 bits per heavy atom. The lowest BCUT2D eigenvalue weighted by Gasteiger charge is -2.13. The van der Waals surface area contributed by atoms with Crippen molar-refractivity contribution in [3.8, 4) is 5.75 Å². The lowest BCUT2D eigenvalue weighted by Crippen LogP contribution is -2.20. The highest BCUT2D eigenvalue weighted by molar-refractivity contribution is 7.11. The number of ketones is 1. The highest BCUT2D eigenvalue weighted by Gasteiger charge is 2.33. The van der Waals surface area contributed by atoms with Gasteiger partial charge in [-0.3, -0.25) is 14.6 Å². The Hall–Kier alpha value is -3.79. The lowest BCUT2D eigenvalue weighted by atomic mass is 10.1. The second-order valence-corrected chi connectivity index (χ2v) is 7.87. The molecule has 4 aromatic rings. The normalized spacial score (nSPS) is 11.4. The molecule has 10 heteroatoms. The van der Waals surface area contributed by atoms with E-state index in [0.29, 0.717) is 10.7 Å². The summed E-state index contributed by atoms with van der Waals surface area (Å²) in [6, 6.07) is 11.8. The van der Waals surface area contributed by atoms with E-state index in [0.717, 1.165) is 11.6 Å². The van der Waals surface area contributed by atoms with Gasteiger partial charge in [0.1, 0.15) is 5.75 Å². The van der Waals surface area contributed by atoms with Crippen LogP contribution in [0, 0.1) is 0 Å². The molecule has 0 aliphatic rings. The monoisotopic (exact) mass is 471 g/mol. The quantitative estimate of drug-likeness (QED) is 0.377. The summed E-state index contributed by atoms with van der Waals surface area (Å²) < 4.78 is 45.1. The van der Waals surface area contributed by atoms with E-state index in [4.69, 9.17) is 4.74 Å². The molecule has 0 bridgehead atoms. The fourth-order valence-electron chi connectivity index (χ4n) is 3.17. The Morgan fingerprint density at radius 3 is 2.48 bits per heavy atom. The van der Waals surface area contributed by atoms with Crippen molar-refractivity contribution < 1.29 is 27.5 Å². The predicted molar refractivity (Wildman–Crippen MR) is 117 cm³/mol. The highest BCUT2D eigenvalue weighted by Crippen LogP contribution is 2.36. The van der Waals surface area contributed by atoms with Gasteiger partial charge in [-0.15, -0.1) is 11.3 Å². The minimum atomic E-state index is -4.56. The molecule has 0 fully saturated rings. The van der Waals surface area contributed by atoms with Crippen LogP contribution >= 0.6 is 11.3 Å². The van der Waals surface area contributed by atoms with Gasteiger partial charge in [0.2, 0.25) is 0 Å². The zero-order valence-electron chi connectivity index (χ0n) is 16.9. The summed E-state index contributed by atoms with van der Waals surface area (Å²) in [7, 11) is 0. The van der Waals surface area contributed by atoms with Gasteiger partial charge in [-0.1, -0.05) is 18.2 Å². The van der Waals surface area contributed by atoms with Crippen molar-refractivity contribution in [1.82, 2.24) is 9.97 Å². The first-order chi connectivity index (χ1) is 15.8. The first-order valence-corrected chi connectivity index (χ1v) is 10.6. The molecule has 168 valence electrons. The Balaban J connectivity index is 1.38. The number of nitrogens with zero attached hydrogens (tertiary/aromatic N) is 2. The van der Waals surface area contributed by atoms with Crippen LogP contribution in [0.1, 0.15) is 20.9 Å². The number of fused-ring (bicyclic) bond motifs is 1. The summed E-state index contributed by atoms with van der Waals surface area (Å²) in [5.41, 5.74) is 0.148. The molecule has 0 radical (unpaired) electrons. The fourth-order valence-corrected chi connectivity index (χ4v) is 3.75. The number of carbonyl (C=O) groups is 2. The molecule has 2 heterocycles. The molecule has 0 atom stereocenters. The number of aromatic nitrogens is 2. The second kappa shape index (κ2) is 9.37. The summed E-state index contributed by atoms with van der Waals surface area (Å²) in [6.07, 6.45) is -1.58. The van der Waals surface area contributed by atoms with Crippen molar-refractivity contribution in [3.63, 3.8) is 0 Å². The molecule has 0 unspecified atom stereocenters. The molecule has 33 heavy (non-hydrogen) atoms. The van der Waals surface area contributed by atoms with Gasteiger partial charge in [0, 0.05) is 35.3 Å². The van der Waals surface area contributed by atoms with E-state index in [2.05, 4.69) is 15.3 Å². The Kier molecular flexibility index (Phi) is 6.36. The summed E-state index contributed by atoms with van der Waals surface area (Å²) in [5, 5.41) is 4.98. The van der Waals surface area contributed by atoms with Crippen molar-refractivity contribution in [3.05, 3.63) is 82.4 Å². The van der Waals surface area contributed by atoms with E-state index >= 15 is 0 Å². The van der Waals surface area contributed by atoms with Crippen molar-refractivity contribution in [2.75, 3.05) is 11.9 Å². The number of benzene rings is 2. The number of amides is 1. The number of carbonyl (C=O) groups excluding carboxylic acids is 2. The number of hydrogen-bond donors (Lipinski definition) is 1. The zero-order chi connectivity index (χ0) is 23.4. The van der Waals surface area contributed by atoms with E-state index in [1.54, 1.807) is 35.8 Å². The van der Waals surface area contributed by atoms with Crippen LogP contribution in [0.25, 0.3) is 10.9 Å². The molecular formula is C23H16F3N3O3S. The minimum Gasteiger partial charge on any atom is -0.483 e. The zero-order valence-corrected chi connectivity index (χ0v) is 17.7. The molecule has 0 aliphatic carbocycles. The molecule has 0 saturated carbocycles. The van der Waals surface area contributed by atoms with Crippen LogP contribution in [0.4, 0.5) is 18.9 Å². The number of anilines is 1. The van der Waals surface area contributed by atoms with Crippen LogP contribution in [0.3, 0.4) is 0 Å². The second-order valence-electron chi connectivity index (χ2n) is 6.98. The molecule has 2 aromatic heterocycles. The molecule has 4 rings (SSSR count). The van der Waals surface area contributed by atoms with Crippen LogP contribution in [0.5, 0.6) is 5.75 Å². The van der Waals surface area contributed by atoms with Gasteiger partial charge in [0.25, 0.3) is 5.91 Å². The van der Waals surface area contributed by atoms with Crippen LogP contribution in [-0.2, 0) is 17.4 Å². The number of para-hydroxylation sites is 1. The fraction of sp³-hybridized carbons (Fsp3) is 0.130. The van der Waals surface area contributed by atoms with E-state index in [-0.39, 0.29) is 28.9 Å². The summed E-state index contributed by atoms with van der Waals surface area (Å²) in [6.45, 7) is -0.403. The standard InChI is InChI=1S/C23H16F3N3O3S/c24-23(25,26)17-3-1-2-16-19(8-9-27-21(16)17)32-13-20(31)29-15-6-4-14(5-7-15)12-18(30)22-28-10-11-33-22/h1-11H,12-13H2,(H,29,31). The van der Waals surface area contributed by atoms with Crippen LogP contribution < -0.4 is 10.1 Å². The summed E-state index contributed by atoms with van der Waals surface area (Å²) in [4.78, 5) is 32.2. The third-order valence-electron chi connectivity index (χ3n) is 4.67. The first-order valence-electron chi connectivity index (χ1n) is 9.70. The smallest absolute Gasteiger partial charge is 0.418 e. The molecule has 2 aromatic carbocycles. The number of pyridine rings is 1.